The Labute approximate surface area is 101 Å². The van der Waals surface area contributed by atoms with Crippen LogP contribution in [0.25, 0.3) is 5.65 Å². The Hall–Kier alpha value is -1.84. The number of aromatic nitrogens is 2. The van der Waals surface area contributed by atoms with Crippen LogP contribution >= 0.6 is 0 Å². The molecule has 2 heterocycles. The van der Waals surface area contributed by atoms with Gasteiger partial charge in [0, 0.05) is 32.7 Å². The molecule has 2 aromatic rings. The Morgan fingerprint density at radius 2 is 2.12 bits per heavy atom. The fraction of sp³-hybridized carbons (Fsp3) is 0.385. The lowest BCUT2D eigenvalue weighted by Gasteiger charge is -2.14. The van der Waals surface area contributed by atoms with Crippen LogP contribution in [-0.2, 0) is 0 Å². The van der Waals surface area contributed by atoms with Gasteiger partial charge < -0.3 is 9.30 Å². The molecular weight excluding hydrogens is 214 g/mol. The van der Waals surface area contributed by atoms with Crippen LogP contribution in [-0.4, -0.2) is 34.3 Å². The van der Waals surface area contributed by atoms with E-state index >= 15 is 0 Å². The maximum absolute atomic E-state index is 12.0. The molecule has 0 N–H and O–H groups in total. The van der Waals surface area contributed by atoms with Gasteiger partial charge in [-0.1, -0.05) is 13.8 Å². The molecule has 0 aromatic carbocycles. The van der Waals surface area contributed by atoms with Crippen LogP contribution in [0, 0.1) is 0 Å². The van der Waals surface area contributed by atoms with Gasteiger partial charge in [0.2, 0.25) is 0 Å². The molecule has 1 amide bonds. The minimum atomic E-state index is 0.0162. The van der Waals surface area contributed by atoms with E-state index in [1.807, 2.05) is 22.9 Å². The Kier molecular flexibility index (Phi) is 2.88. The smallest absolute Gasteiger partial charge is 0.254 e. The van der Waals surface area contributed by atoms with Gasteiger partial charge in [0.15, 0.2) is 0 Å². The normalized spacial score (nSPS) is 11.1. The third-order valence-corrected chi connectivity index (χ3v) is 2.79. The van der Waals surface area contributed by atoms with Crippen molar-refractivity contribution in [3.05, 3.63) is 35.8 Å². The van der Waals surface area contributed by atoms with Crippen LogP contribution in [0.2, 0.25) is 0 Å². The van der Waals surface area contributed by atoms with Gasteiger partial charge in [0.05, 0.1) is 5.56 Å². The minimum Gasteiger partial charge on any atom is -0.345 e. The molecule has 0 saturated heterocycles. The van der Waals surface area contributed by atoms with Crippen molar-refractivity contribution in [1.29, 1.82) is 0 Å². The predicted octanol–water partition coefficient (Wildman–Crippen LogP) is 2.16. The zero-order chi connectivity index (χ0) is 12.6. The first-order valence-electron chi connectivity index (χ1n) is 5.69. The highest BCUT2D eigenvalue weighted by Gasteiger charge is 2.14. The third-order valence-electron chi connectivity index (χ3n) is 2.79. The first-order valence-corrected chi connectivity index (χ1v) is 5.69. The maximum Gasteiger partial charge on any atom is 0.254 e. The molecule has 4 nitrogen and oxygen atoms in total. The number of rotatable bonds is 2. The molecule has 0 aliphatic heterocycles. The lowest BCUT2D eigenvalue weighted by Crippen LogP contribution is -2.22. The number of fused-ring (bicyclic) bond motifs is 1. The highest BCUT2D eigenvalue weighted by atomic mass is 16.2. The van der Waals surface area contributed by atoms with Gasteiger partial charge in [0.1, 0.15) is 5.65 Å². The molecule has 0 radical (unpaired) electrons. The molecule has 0 aliphatic rings. The van der Waals surface area contributed by atoms with Gasteiger partial charge in [0.25, 0.3) is 5.91 Å². The highest BCUT2D eigenvalue weighted by Crippen LogP contribution is 2.21. The van der Waals surface area contributed by atoms with Crippen LogP contribution in [0.15, 0.2) is 24.7 Å². The van der Waals surface area contributed by atoms with Gasteiger partial charge in [-0.15, -0.1) is 0 Å². The molecule has 17 heavy (non-hydrogen) atoms. The first-order chi connectivity index (χ1) is 8.00. The second-order valence-electron chi connectivity index (χ2n) is 4.70. The molecule has 0 bridgehead atoms. The largest absolute Gasteiger partial charge is 0.345 e. The second kappa shape index (κ2) is 4.20. The minimum absolute atomic E-state index is 0.0162. The van der Waals surface area contributed by atoms with E-state index in [1.165, 1.54) is 0 Å². The predicted molar refractivity (Wildman–Crippen MR) is 67.3 cm³/mol. The number of hydrogen-bond donors (Lipinski definition) is 0. The number of pyridine rings is 1. The number of carbonyl (C=O) groups is 1. The van der Waals surface area contributed by atoms with Crippen LogP contribution in [0.5, 0.6) is 0 Å². The molecule has 90 valence electrons. The monoisotopic (exact) mass is 231 g/mol. The molecule has 0 atom stereocenters. The second-order valence-corrected chi connectivity index (χ2v) is 4.70. The molecule has 2 rings (SSSR count). The standard InChI is InChI=1S/C13H17N3O/c1-9(2)11-7-10(13(17)15(3)4)8-16-6-5-14-12(11)16/h5-9H,1-4H3. The van der Waals surface area contributed by atoms with Crippen molar-refractivity contribution in [3.8, 4) is 0 Å². The van der Waals surface area contributed by atoms with E-state index in [0.29, 0.717) is 11.5 Å². The van der Waals surface area contributed by atoms with Gasteiger partial charge in [-0.2, -0.15) is 0 Å². The van der Waals surface area contributed by atoms with Crippen LogP contribution in [0.4, 0.5) is 0 Å². The van der Waals surface area contributed by atoms with Crippen LogP contribution < -0.4 is 0 Å². The van der Waals surface area contributed by atoms with Gasteiger partial charge in [-0.3, -0.25) is 4.79 Å². The highest BCUT2D eigenvalue weighted by molar-refractivity contribution is 5.94. The number of carbonyl (C=O) groups excluding carboxylic acids is 1. The van der Waals surface area contributed by atoms with Gasteiger partial charge >= 0.3 is 0 Å². The van der Waals surface area contributed by atoms with E-state index in [1.54, 1.807) is 25.2 Å². The molecular formula is C13H17N3O. The summed E-state index contributed by atoms with van der Waals surface area (Å²) in [6.45, 7) is 4.21. The van der Waals surface area contributed by atoms with Crippen molar-refractivity contribution in [1.82, 2.24) is 14.3 Å². The molecule has 0 fully saturated rings. The van der Waals surface area contributed by atoms with E-state index in [2.05, 4.69) is 18.8 Å². The number of amides is 1. The summed E-state index contributed by atoms with van der Waals surface area (Å²) in [5.74, 6) is 0.359. The summed E-state index contributed by atoms with van der Waals surface area (Å²) in [5.41, 5.74) is 2.72. The SMILES string of the molecule is CC(C)c1cc(C(=O)N(C)C)cn2ccnc12. The van der Waals surface area contributed by atoms with Crippen molar-refractivity contribution in [2.24, 2.45) is 0 Å². The number of nitrogens with zero attached hydrogens (tertiary/aromatic N) is 3. The van der Waals surface area contributed by atoms with E-state index in [0.717, 1.165) is 11.2 Å². The number of imidazole rings is 1. The van der Waals surface area contributed by atoms with E-state index < -0.39 is 0 Å². The fourth-order valence-electron chi connectivity index (χ4n) is 1.86. The molecule has 4 heteroatoms. The average molecular weight is 231 g/mol. The van der Waals surface area contributed by atoms with Crippen molar-refractivity contribution in [3.63, 3.8) is 0 Å². The Morgan fingerprint density at radius 1 is 1.41 bits per heavy atom. The van der Waals surface area contributed by atoms with Gasteiger partial charge in [-0.25, -0.2) is 4.98 Å². The third kappa shape index (κ3) is 2.02. The van der Waals surface area contributed by atoms with E-state index in [4.69, 9.17) is 0 Å². The summed E-state index contributed by atoms with van der Waals surface area (Å²) < 4.78 is 1.91. The van der Waals surface area contributed by atoms with Crippen molar-refractivity contribution >= 4 is 11.6 Å². The zero-order valence-corrected chi connectivity index (χ0v) is 10.6. The molecule has 0 spiro atoms. The van der Waals surface area contributed by atoms with E-state index in [9.17, 15) is 4.79 Å². The lowest BCUT2D eigenvalue weighted by atomic mass is 10.0. The molecule has 0 saturated carbocycles. The quantitative estimate of drug-likeness (QED) is 0.794. The van der Waals surface area contributed by atoms with Crippen LogP contribution in [0.3, 0.4) is 0 Å². The number of hydrogen-bond acceptors (Lipinski definition) is 2. The maximum atomic E-state index is 12.0. The topological polar surface area (TPSA) is 37.6 Å². The molecule has 0 unspecified atom stereocenters. The van der Waals surface area contributed by atoms with Crippen molar-refractivity contribution < 1.29 is 4.79 Å². The first kappa shape index (κ1) is 11.6. The molecule has 0 aliphatic carbocycles. The summed E-state index contributed by atoms with van der Waals surface area (Å²) in [5, 5.41) is 0. The summed E-state index contributed by atoms with van der Waals surface area (Å²) in [7, 11) is 3.52. The van der Waals surface area contributed by atoms with Crippen LogP contribution in [0.1, 0.15) is 35.7 Å². The molecule has 2 aromatic heterocycles. The fourth-order valence-corrected chi connectivity index (χ4v) is 1.86. The summed E-state index contributed by atoms with van der Waals surface area (Å²) >= 11 is 0. The summed E-state index contributed by atoms with van der Waals surface area (Å²) in [6.07, 6.45) is 5.45. The Bertz CT molecular complexity index is 555. The van der Waals surface area contributed by atoms with Crippen molar-refractivity contribution in [2.45, 2.75) is 19.8 Å². The average Bonchev–Trinajstić information content (AvgIpc) is 2.73. The Morgan fingerprint density at radius 3 is 2.71 bits per heavy atom. The lowest BCUT2D eigenvalue weighted by molar-refractivity contribution is 0.0827. The summed E-state index contributed by atoms with van der Waals surface area (Å²) in [6, 6.07) is 1.94. The Balaban J connectivity index is 2.63. The zero-order valence-electron chi connectivity index (χ0n) is 10.6. The van der Waals surface area contributed by atoms with E-state index in [-0.39, 0.29) is 5.91 Å². The van der Waals surface area contributed by atoms with Crippen molar-refractivity contribution in [2.75, 3.05) is 14.1 Å². The summed E-state index contributed by atoms with van der Waals surface area (Å²) in [4.78, 5) is 17.9. The van der Waals surface area contributed by atoms with Gasteiger partial charge in [-0.05, 0) is 17.5 Å².